The van der Waals surface area contributed by atoms with Gasteiger partial charge in [-0.15, -0.1) is 0 Å². The topological polar surface area (TPSA) is 17.1 Å². The summed E-state index contributed by atoms with van der Waals surface area (Å²) < 4.78 is 0. The first-order valence-corrected chi connectivity index (χ1v) is 9.29. The van der Waals surface area contributed by atoms with Crippen LogP contribution < -0.4 is 0 Å². The second-order valence-electron chi connectivity index (χ2n) is 6.82. The SMILES string of the molecule is O=Cc1ccccc1.c1ccc2c(c1)ccc1c3c(ccc12)CCCC3. The molecule has 0 unspecified atom stereocenters. The zero-order valence-electron chi connectivity index (χ0n) is 14.8. The molecule has 0 radical (unpaired) electrons. The molecule has 5 rings (SSSR count). The molecule has 0 fully saturated rings. The Kier molecular flexibility index (Phi) is 4.79. The van der Waals surface area contributed by atoms with E-state index < -0.39 is 0 Å². The maximum atomic E-state index is 10.0. The summed E-state index contributed by atoms with van der Waals surface area (Å²) in [7, 11) is 0. The number of rotatable bonds is 1. The van der Waals surface area contributed by atoms with Crippen LogP contribution in [0.5, 0.6) is 0 Å². The second-order valence-corrected chi connectivity index (χ2v) is 6.82. The number of benzene rings is 4. The molecule has 0 bridgehead atoms. The summed E-state index contributed by atoms with van der Waals surface area (Å²) in [4.78, 5) is 10.0. The van der Waals surface area contributed by atoms with Crippen molar-refractivity contribution in [1.29, 1.82) is 0 Å². The molecule has 1 heteroatoms. The smallest absolute Gasteiger partial charge is 0.150 e. The van der Waals surface area contributed by atoms with Crippen molar-refractivity contribution in [2.24, 2.45) is 0 Å². The first-order valence-electron chi connectivity index (χ1n) is 9.29. The molecule has 1 aliphatic carbocycles. The summed E-state index contributed by atoms with van der Waals surface area (Å²) in [5.74, 6) is 0. The fourth-order valence-corrected chi connectivity index (χ4v) is 3.87. The van der Waals surface area contributed by atoms with Gasteiger partial charge in [0.1, 0.15) is 6.29 Å². The second kappa shape index (κ2) is 7.53. The van der Waals surface area contributed by atoms with Crippen LogP contribution in [0.15, 0.2) is 78.9 Å². The van der Waals surface area contributed by atoms with Crippen molar-refractivity contribution in [3.05, 3.63) is 95.6 Å². The highest BCUT2D eigenvalue weighted by molar-refractivity contribution is 6.08. The lowest BCUT2D eigenvalue weighted by molar-refractivity contribution is 0.112. The Balaban J connectivity index is 0.000000178. The molecule has 0 saturated carbocycles. The monoisotopic (exact) mass is 338 g/mol. The van der Waals surface area contributed by atoms with E-state index in [0.29, 0.717) is 0 Å². The van der Waals surface area contributed by atoms with E-state index in [4.69, 9.17) is 0 Å². The van der Waals surface area contributed by atoms with Crippen LogP contribution in [0.1, 0.15) is 34.3 Å². The Labute approximate surface area is 154 Å². The lowest BCUT2D eigenvalue weighted by Crippen LogP contribution is -2.02. The zero-order chi connectivity index (χ0) is 17.8. The molecule has 0 saturated heterocycles. The van der Waals surface area contributed by atoms with Gasteiger partial charge in [-0.25, -0.2) is 0 Å². The minimum absolute atomic E-state index is 0.729. The number of carbonyl (C=O) groups is 1. The van der Waals surface area contributed by atoms with Crippen molar-refractivity contribution >= 4 is 27.8 Å². The van der Waals surface area contributed by atoms with E-state index in [1.807, 2.05) is 18.2 Å². The molecule has 0 heterocycles. The van der Waals surface area contributed by atoms with Gasteiger partial charge in [0.05, 0.1) is 0 Å². The Morgan fingerprint density at radius 3 is 2.15 bits per heavy atom. The van der Waals surface area contributed by atoms with Crippen LogP contribution in [0.2, 0.25) is 0 Å². The first kappa shape index (κ1) is 16.5. The van der Waals surface area contributed by atoms with E-state index in [1.165, 1.54) is 47.2 Å². The van der Waals surface area contributed by atoms with Gasteiger partial charge in [-0.3, -0.25) is 4.79 Å². The molecular weight excluding hydrogens is 316 g/mol. The Hall–Kier alpha value is -2.93. The van der Waals surface area contributed by atoms with Gasteiger partial charge < -0.3 is 0 Å². The van der Waals surface area contributed by atoms with Crippen LogP contribution in [0.25, 0.3) is 21.5 Å². The van der Waals surface area contributed by atoms with Crippen molar-refractivity contribution in [3.8, 4) is 0 Å². The zero-order valence-corrected chi connectivity index (χ0v) is 14.8. The first-order chi connectivity index (χ1) is 12.9. The summed E-state index contributed by atoms with van der Waals surface area (Å²) in [6, 6.07) is 27.1. The number of aryl methyl sites for hydroxylation is 2. The van der Waals surface area contributed by atoms with Gasteiger partial charge >= 0.3 is 0 Å². The molecule has 0 spiro atoms. The molecule has 0 atom stereocenters. The Morgan fingerprint density at radius 1 is 0.615 bits per heavy atom. The van der Waals surface area contributed by atoms with Gasteiger partial charge in [-0.2, -0.15) is 0 Å². The fourth-order valence-electron chi connectivity index (χ4n) is 3.87. The van der Waals surface area contributed by atoms with Gasteiger partial charge in [0.25, 0.3) is 0 Å². The third-order valence-electron chi connectivity index (χ3n) is 5.19. The molecule has 0 aliphatic heterocycles. The summed E-state index contributed by atoms with van der Waals surface area (Å²) in [6.45, 7) is 0. The van der Waals surface area contributed by atoms with Crippen molar-refractivity contribution in [2.45, 2.75) is 25.7 Å². The lowest BCUT2D eigenvalue weighted by atomic mass is 9.86. The molecule has 4 aromatic rings. The van der Waals surface area contributed by atoms with Gasteiger partial charge in [0.2, 0.25) is 0 Å². The molecule has 0 amide bonds. The van der Waals surface area contributed by atoms with Crippen LogP contribution in [0.3, 0.4) is 0 Å². The number of hydrogen-bond acceptors (Lipinski definition) is 1. The molecule has 1 nitrogen and oxygen atoms in total. The summed E-state index contributed by atoms with van der Waals surface area (Å²) in [5, 5.41) is 5.64. The molecule has 1 aliphatic rings. The Morgan fingerprint density at radius 2 is 1.35 bits per heavy atom. The predicted molar refractivity (Wildman–Crippen MR) is 110 cm³/mol. The normalized spacial score (nSPS) is 12.9. The highest BCUT2D eigenvalue weighted by Gasteiger charge is 2.13. The predicted octanol–water partition coefficient (Wildman–Crippen LogP) is 6.37. The summed E-state index contributed by atoms with van der Waals surface area (Å²) in [5.41, 5.74) is 3.90. The van der Waals surface area contributed by atoms with Gasteiger partial charge in [0, 0.05) is 5.56 Å². The fraction of sp³-hybridized carbons (Fsp3) is 0.160. The van der Waals surface area contributed by atoms with Crippen molar-refractivity contribution in [1.82, 2.24) is 0 Å². The van der Waals surface area contributed by atoms with Gasteiger partial charge in [-0.05, 0) is 58.4 Å². The van der Waals surface area contributed by atoms with Crippen LogP contribution in [-0.4, -0.2) is 6.29 Å². The van der Waals surface area contributed by atoms with E-state index in [-0.39, 0.29) is 0 Å². The molecule has 4 aromatic carbocycles. The molecular formula is C25H22O. The quantitative estimate of drug-likeness (QED) is 0.291. The highest BCUT2D eigenvalue weighted by atomic mass is 16.1. The van der Waals surface area contributed by atoms with Crippen LogP contribution >= 0.6 is 0 Å². The van der Waals surface area contributed by atoms with Crippen LogP contribution in [0.4, 0.5) is 0 Å². The van der Waals surface area contributed by atoms with Gasteiger partial charge in [0.15, 0.2) is 0 Å². The minimum Gasteiger partial charge on any atom is -0.298 e. The van der Waals surface area contributed by atoms with Crippen LogP contribution in [0, 0.1) is 0 Å². The van der Waals surface area contributed by atoms with E-state index in [0.717, 1.165) is 11.8 Å². The summed E-state index contributed by atoms with van der Waals surface area (Å²) >= 11 is 0. The third kappa shape index (κ3) is 3.25. The third-order valence-corrected chi connectivity index (χ3v) is 5.19. The van der Waals surface area contributed by atoms with Crippen molar-refractivity contribution in [2.75, 3.05) is 0 Å². The highest BCUT2D eigenvalue weighted by Crippen LogP contribution is 2.33. The minimum atomic E-state index is 0.729. The largest absolute Gasteiger partial charge is 0.298 e. The molecule has 128 valence electrons. The van der Waals surface area contributed by atoms with E-state index in [9.17, 15) is 4.79 Å². The average molecular weight is 338 g/mol. The Bertz CT molecular complexity index is 1050. The number of aldehydes is 1. The van der Waals surface area contributed by atoms with Gasteiger partial charge in [-0.1, -0.05) is 78.9 Å². The summed E-state index contributed by atoms with van der Waals surface area (Å²) in [6.07, 6.45) is 6.05. The van der Waals surface area contributed by atoms with Crippen molar-refractivity contribution in [3.63, 3.8) is 0 Å². The molecule has 0 aromatic heterocycles. The van der Waals surface area contributed by atoms with E-state index in [1.54, 1.807) is 23.3 Å². The maximum absolute atomic E-state index is 10.0. The molecule has 0 N–H and O–H groups in total. The van der Waals surface area contributed by atoms with E-state index in [2.05, 4.69) is 48.5 Å². The number of carbonyl (C=O) groups excluding carboxylic acids is 1. The lowest BCUT2D eigenvalue weighted by Gasteiger charge is -2.18. The van der Waals surface area contributed by atoms with Crippen LogP contribution in [-0.2, 0) is 12.8 Å². The number of hydrogen-bond donors (Lipinski definition) is 0. The molecule has 26 heavy (non-hydrogen) atoms. The van der Waals surface area contributed by atoms with E-state index >= 15 is 0 Å². The van der Waals surface area contributed by atoms with Crippen molar-refractivity contribution < 1.29 is 4.79 Å². The average Bonchev–Trinajstić information content (AvgIpc) is 2.74. The standard InChI is InChI=1S/C18H16.C7H6O/c1-3-7-15-13(5-1)9-11-18-16-8-4-2-6-14(16)10-12-17(15)18;8-6-7-4-2-1-3-5-7/h1,3,5,7,9-12H,2,4,6,8H2;1-6H. The maximum Gasteiger partial charge on any atom is 0.150 e. The number of fused-ring (bicyclic) bond motifs is 5.